The number of nitrogens with one attached hydrogen (secondary N) is 2. The van der Waals surface area contributed by atoms with Crippen molar-refractivity contribution in [3.63, 3.8) is 0 Å². The van der Waals surface area contributed by atoms with Crippen molar-refractivity contribution in [3.8, 4) is 11.8 Å². The van der Waals surface area contributed by atoms with E-state index in [-0.39, 0.29) is 34.1 Å². The lowest BCUT2D eigenvalue weighted by atomic mass is 9.79. The van der Waals surface area contributed by atoms with Crippen molar-refractivity contribution in [2.24, 2.45) is 11.3 Å². The molecule has 0 aromatic heterocycles. The van der Waals surface area contributed by atoms with Crippen molar-refractivity contribution in [2.45, 2.75) is 39.2 Å². The minimum Gasteiger partial charge on any atom is -0.495 e. The van der Waals surface area contributed by atoms with Gasteiger partial charge in [0.2, 0.25) is 6.41 Å². The first kappa shape index (κ1) is 33.5. The number of ether oxygens (including phenoxy) is 1. The van der Waals surface area contributed by atoms with Crippen molar-refractivity contribution in [3.05, 3.63) is 87.9 Å². The van der Waals surface area contributed by atoms with Gasteiger partial charge in [-0.1, -0.05) is 68.2 Å². The topological polar surface area (TPSA) is 74.2 Å². The van der Waals surface area contributed by atoms with Gasteiger partial charge in [-0.2, -0.15) is 5.26 Å². The second kappa shape index (κ2) is 15.9. The van der Waals surface area contributed by atoms with E-state index in [9.17, 15) is 18.8 Å². The standard InChI is InChI=1S/C16H20ClFN2.C8H10NO2P.C6H4ClF/c1-16(2,3)7-14-11(8-19)12(9-20-14)10-5-4-6-13(17)15(10)18;1-11-8-4-6(12)2-3-7(8)9-5-10;7-5-2-1-3-6(8)4-5/h4-6,11-12,14,20H,7,9H2,1-3H3;2-5H,12H2,1H3,(H,9,10);1-4H. The summed E-state index contributed by atoms with van der Waals surface area (Å²) >= 11 is 11.3. The first-order valence-electron chi connectivity index (χ1n) is 12.5. The van der Waals surface area contributed by atoms with E-state index >= 15 is 0 Å². The monoisotopic (exact) mass is 607 g/mol. The molecule has 1 aliphatic heterocycles. The maximum absolute atomic E-state index is 14.2. The normalized spacial score (nSPS) is 17.9. The van der Waals surface area contributed by atoms with Crippen molar-refractivity contribution >= 4 is 49.8 Å². The highest BCUT2D eigenvalue weighted by molar-refractivity contribution is 7.27. The molecule has 4 unspecified atom stereocenters. The number of carbonyl (C=O) groups is 1. The Balaban J connectivity index is 0.000000236. The smallest absolute Gasteiger partial charge is 0.211 e. The molecule has 3 aromatic carbocycles. The fourth-order valence-electron chi connectivity index (χ4n) is 4.31. The number of hydrogen-bond donors (Lipinski definition) is 2. The van der Waals surface area contributed by atoms with E-state index in [1.54, 1.807) is 37.4 Å². The molecule has 40 heavy (non-hydrogen) atoms. The fraction of sp³-hybridized carbons (Fsp3) is 0.333. The van der Waals surface area contributed by atoms with Crippen LogP contribution in [0, 0.1) is 34.3 Å². The van der Waals surface area contributed by atoms with E-state index in [0.717, 1.165) is 11.7 Å². The van der Waals surface area contributed by atoms with E-state index in [2.05, 4.69) is 46.7 Å². The van der Waals surface area contributed by atoms with Crippen LogP contribution >= 0.6 is 32.4 Å². The van der Waals surface area contributed by atoms with E-state index in [1.807, 2.05) is 12.1 Å². The third-order valence-electron chi connectivity index (χ3n) is 6.06. The van der Waals surface area contributed by atoms with Gasteiger partial charge in [-0.25, -0.2) is 8.78 Å². The number of nitrogens with zero attached hydrogens (tertiary/aromatic N) is 1. The number of methoxy groups -OCH3 is 1. The van der Waals surface area contributed by atoms with Crippen LogP contribution in [0.3, 0.4) is 0 Å². The molecule has 1 saturated heterocycles. The van der Waals surface area contributed by atoms with Gasteiger partial charge in [0.15, 0.2) is 0 Å². The minimum atomic E-state index is -0.391. The van der Waals surface area contributed by atoms with Crippen LogP contribution in [0.1, 0.15) is 38.7 Å². The van der Waals surface area contributed by atoms with Crippen LogP contribution in [0.2, 0.25) is 10.0 Å². The Bertz CT molecular complexity index is 1300. The summed E-state index contributed by atoms with van der Waals surface area (Å²) in [5, 5.41) is 17.0. The van der Waals surface area contributed by atoms with E-state index in [4.69, 9.17) is 27.9 Å². The number of carbonyl (C=O) groups excluding carboxylic acids is 1. The average Bonchev–Trinajstić information content (AvgIpc) is 3.28. The van der Waals surface area contributed by atoms with Crippen LogP contribution in [0.4, 0.5) is 14.5 Å². The van der Waals surface area contributed by atoms with Gasteiger partial charge in [0, 0.05) is 23.5 Å². The van der Waals surface area contributed by atoms with Gasteiger partial charge >= 0.3 is 0 Å². The molecule has 0 saturated carbocycles. The SMILES string of the molecule is CC(C)(C)CC1NCC(c2cccc(Cl)c2F)C1C#N.COc1cc(P)ccc1NC=O.Fc1cccc(Cl)c1. The maximum Gasteiger partial charge on any atom is 0.211 e. The van der Waals surface area contributed by atoms with E-state index < -0.39 is 5.82 Å². The predicted octanol–water partition coefficient (Wildman–Crippen LogP) is 7.35. The van der Waals surface area contributed by atoms with Gasteiger partial charge < -0.3 is 15.4 Å². The Morgan fingerprint density at radius 3 is 2.40 bits per heavy atom. The zero-order chi connectivity index (χ0) is 29.9. The number of anilines is 1. The lowest BCUT2D eigenvalue weighted by Gasteiger charge is -2.26. The van der Waals surface area contributed by atoms with E-state index in [1.165, 1.54) is 18.2 Å². The number of amides is 1. The van der Waals surface area contributed by atoms with Crippen LogP contribution < -0.4 is 20.7 Å². The Kier molecular flexibility index (Phi) is 13.3. The Labute approximate surface area is 247 Å². The molecule has 214 valence electrons. The molecular weight excluding hydrogens is 574 g/mol. The number of halogens is 4. The highest BCUT2D eigenvalue weighted by atomic mass is 35.5. The molecule has 0 bridgehead atoms. The molecule has 0 spiro atoms. The Morgan fingerprint density at radius 1 is 1.15 bits per heavy atom. The fourth-order valence-corrected chi connectivity index (χ4v) is 4.92. The molecule has 1 aliphatic rings. The summed E-state index contributed by atoms with van der Waals surface area (Å²) in [7, 11) is 4.12. The first-order valence-corrected chi connectivity index (χ1v) is 13.8. The molecule has 4 atom stereocenters. The minimum absolute atomic E-state index is 0.100. The lowest BCUT2D eigenvalue weighted by molar-refractivity contribution is -0.105. The molecule has 10 heteroatoms. The number of rotatable bonds is 5. The molecular formula is C30H34Cl2F2N3O2P. The highest BCUT2D eigenvalue weighted by Gasteiger charge is 2.39. The van der Waals surface area contributed by atoms with Gasteiger partial charge in [-0.05, 0) is 59.1 Å². The van der Waals surface area contributed by atoms with Gasteiger partial charge in [-0.3, -0.25) is 4.79 Å². The van der Waals surface area contributed by atoms with E-state index in [0.29, 0.717) is 35.0 Å². The number of hydrogen-bond acceptors (Lipinski definition) is 4. The van der Waals surface area contributed by atoms with Crippen LogP contribution in [-0.4, -0.2) is 26.1 Å². The third kappa shape index (κ3) is 10.3. The van der Waals surface area contributed by atoms with Gasteiger partial charge in [0.05, 0.1) is 29.8 Å². The second-order valence-corrected chi connectivity index (χ2v) is 11.9. The van der Waals surface area contributed by atoms with Crippen molar-refractivity contribution < 1.29 is 18.3 Å². The van der Waals surface area contributed by atoms with Crippen LogP contribution in [0.5, 0.6) is 5.75 Å². The second-order valence-electron chi connectivity index (χ2n) is 10.3. The van der Waals surface area contributed by atoms with Crippen molar-refractivity contribution in [1.82, 2.24) is 5.32 Å². The summed E-state index contributed by atoms with van der Waals surface area (Å²) in [6.45, 7) is 7.07. The van der Waals surface area contributed by atoms with Crippen LogP contribution in [0.25, 0.3) is 0 Å². The first-order chi connectivity index (χ1) is 18.9. The highest BCUT2D eigenvalue weighted by Crippen LogP contribution is 2.38. The van der Waals surface area contributed by atoms with Crippen molar-refractivity contribution in [1.29, 1.82) is 5.26 Å². The molecule has 5 nitrogen and oxygen atoms in total. The van der Waals surface area contributed by atoms with Gasteiger partial charge in [0.25, 0.3) is 0 Å². The zero-order valence-electron chi connectivity index (χ0n) is 22.9. The summed E-state index contributed by atoms with van der Waals surface area (Å²) in [6, 6.07) is 18.8. The van der Waals surface area contributed by atoms with Crippen LogP contribution in [0.15, 0.2) is 60.7 Å². The predicted molar refractivity (Wildman–Crippen MR) is 163 cm³/mol. The molecule has 2 N–H and O–H groups in total. The summed E-state index contributed by atoms with van der Waals surface area (Å²) in [5.41, 5.74) is 1.36. The molecule has 4 rings (SSSR count). The summed E-state index contributed by atoms with van der Waals surface area (Å²) < 4.78 is 31.3. The molecule has 0 aliphatic carbocycles. The van der Waals surface area contributed by atoms with Crippen molar-refractivity contribution in [2.75, 3.05) is 19.0 Å². The summed E-state index contributed by atoms with van der Waals surface area (Å²) in [5.74, 6) is -0.377. The Morgan fingerprint density at radius 2 is 1.85 bits per heavy atom. The third-order valence-corrected chi connectivity index (χ3v) is 6.94. The lowest BCUT2D eigenvalue weighted by Crippen LogP contribution is -2.31. The van der Waals surface area contributed by atoms with Gasteiger partial charge in [-0.15, -0.1) is 9.24 Å². The summed E-state index contributed by atoms with van der Waals surface area (Å²) in [4.78, 5) is 10.2. The largest absolute Gasteiger partial charge is 0.495 e. The number of benzene rings is 3. The molecule has 3 aromatic rings. The molecule has 1 amide bonds. The molecule has 0 radical (unpaired) electrons. The molecule has 1 heterocycles. The zero-order valence-corrected chi connectivity index (χ0v) is 25.5. The maximum atomic E-state index is 14.2. The summed E-state index contributed by atoms with van der Waals surface area (Å²) in [6.07, 6.45) is 1.52. The van der Waals surface area contributed by atoms with Gasteiger partial charge in [0.1, 0.15) is 17.4 Å². The Hall–Kier alpha value is -2.75. The average molecular weight is 608 g/mol. The van der Waals surface area contributed by atoms with Crippen LogP contribution in [-0.2, 0) is 4.79 Å². The quantitative estimate of drug-likeness (QED) is 0.235. The number of nitriles is 1. The molecule has 1 fully saturated rings.